The van der Waals surface area contributed by atoms with E-state index in [1.807, 2.05) is 0 Å². The van der Waals surface area contributed by atoms with E-state index < -0.39 is 15.8 Å². The fourth-order valence-electron chi connectivity index (χ4n) is 1.74. The molecule has 0 aliphatic rings. The number of nitrogens with one attached hydrogen (secondary N) is 1. The van der Waals surface area contributed by atoms with Crippen molar-refractivity contribution in [2.45, 2.75) is 11.4 Å². The zero-order chi connectivity index (χ0) is 16.3. The van der Waals surface area contributed by atoms with Gasteiger partial charge in [0.1, 0.15) is 0 Å². The summed E-state index contributed by atoms with van der Waals surface area (Å²) in [6.07, 6.45) is 1.09. The minimum absolute atomic E-state index is 0.0455. The highest BCUT2D eigenvalue weighted by molar-refractivity contribution is 7.89. The summed E-state index contributed by atoms with van der Waals surface area (Å²) in [4.78, 5) is 9.50. The Balaban J connectivity index is 2.09. The van der Waals surface area contributed by atoms with E-state index in [2.05, 4.69) is 15.3 Å². The molecule has 22 heavy (non-hydrogen) atoms. The first-order chi connectivity index (χ1) is 10.3. The van der Waals surface area contributed by atoms with Crippen molar-refractivity contribution in [1.82, 2.24) is 9.97 Å². The monoisotopic (exact) mass is 325 g/mol. The number of hydrogen-bond donors (Lipinski definition) is 2. The number of sulfonamides is 1. The lowest BCUT2D eigenvalue weighted by Crippen LogP contribution is -2.15. The van der Waals surface area contributed by atoms with Crippen molar-refractivity contribution in [2.24, 2.45) is 5.14 Å². The van der Waals surface area contributed by atoms with Gasteiger partial charge in [-0.25, -0.2) is 22.9 Å². The van der Waals surface area contributed by atoms with Crippen molar-refractivity contribution in [3.05, 3.63) is 41.8 Å². The predicted octanol–water partition coefficient (Wildman–Crippen LogP) is 0.941. The summed E-state index contributed by atoms with van der Waals surface area (Å²) >= 11 is 0. The number of hydrogen-bond acceptors (Lipinski definition) is 6. The van der Waals surface area contributed by atoms with Gasteiger partial charge in [0.25, 0.3) is 0 Å². The van der Waals surface area contributed by atoms with Crippen LogP contribution in [0.15, 0.2) is 35.4 Å². The molecule has 0 bridgehead atoms. The number of benzene rings is 1. The van der Waals surface area contributed by atoms with Crippen LogP contribution in [0.4, 0.5) is 16.2 Å². The van der Waals surface area contributed by atoms with Gasteiger partial charge in [0.05, 0.1) is 11.1 Å². The third-order valence-electron chi connectivity index (χ3n) is 2.85. The zero-order valence-electron chi connectivity index (χ0n) is 12.1. The van der Waals surface area contributed by atoms with Crippen molar-refractivity contribution < 1.29 is 12.8 Å². The van der Waals surface area contributed by atoms with Gasteiger partial charge in [-0.2, -0.15) is 4.98 Å². The van der Waals surface area contributed by atoms with Crippen molar-refractivity contribution >= 4 is 21.8 Å². The van der Waals surface area contributed by atoms with E-state index in [1.165, 1.54) is 12.1 Å². The van der Waals surface area contributed by atoms with Crippen molar-refractivity contribution in [2.75, 3.05) is 24.3 Å². The van der Waals surface area contributed by atoms with Gasteiger partial charge in [0.2, 0.25) is 16.0 Å². The number of halogens is 1. The molecule has 0 unspecified atom stereocenters. The third kappa shape index (κ3) is 3.89. The van der Waals surface area contributed by atoms with Gasteiger partial charge in [0.15, 0.2) is 11.6 Å². The van der Waals surface area contributed by atoms with Crippen LogP contribution < -0.4 is 15.4 Å². The molecule has 0 saturated heterocycles. The highest BCUT2D eigenvalue weighted by Gasteiger charge is 2.09. The molecule has 0 atom stereocenters. The summed E-state index contributed by atoms with van der Waals surface area (Å²) in [6, 6.07) is 6.10. The molecule has 1 aromatic heterocycles. The standard InChI is InChI=1S/C13H16FN5O2S/c1-19(2)12-11(14)8-17-13(18-12)16-7-9-3-5-10(6-4-9)22(15,20)21/h3-6,8H,7H2,1-2H3,(H2,15,20,21)(H,16,17,18). The Bertz CT molecular complexity index is 762. The quantitative estimate of drug-likeness (QED) is 0.848. The van der Waals surface area contributed by atoms with Crippen LogP contribution in [0.1, 0.15) is 5.56 Å². The number of nitrogens with two attached hydrogens (primary N) is 1. The van der Waals surface area contributed by atoms with Crippen molar-refractivity contribution in [3.8, 4) is 0 Å². The highest BCUT2D eigenvalue weighted by Crippen LogP contribution is 2.15. The van der Waals surface area contributed by atoms with E-state index in [-0.39, 0.29) is 16.7 Å². The maximum absolute atomic E-state index is 13.5. The molecule has 1 heterocycles. The summed E-state index contributed by atoms with van der Waals surface area (Å²) in [6.45, 7) is 0.364. The van der Waals surface area contributed by atoms with Gasteiger partial charge >= 0.3 is 0 Å². The average molecular weight is 325 g/mol. The zero-order valence-corrected chi connectivity index (χ0v) is 12.9. The molecule has 0 spiro atoms. The molecule has 0 aliphatic heterocycles. The van der Waals surface area contributed by atoms with Crippen LogP contribution in [0.5, 0.6) is 0 Å². The first-order valence-electron chi connectivity index (χ1n) is 6.33. The van der Waals surface area contributed by atoms with Gasteiger partial charge < -0.3 is 10.2 Å². The number of nitrogens with zero attached hydrogens (tertiary/aromatic N) is 3. The fraction of sp³-hybridized carbons (Fsp3) is 0.231. The van der Waals surface area contributed by atoms with E-state index in [9.17, 15) is 12.8 Å². The third-order valence-corrected chi connectivity index (χ3v) is 3.78. The highest BCUT2D eigenvalue weighted by atomic mass is 32.2. The van der Waals surface area contributed by atoms with E-state index in [4.69, 9.17) is 5.14 Å². The topological polar surface area (TPSA) is 101 Å². The number of anilines is 2. The Hall–Kier alpha value is -2.26. The van der Waals surface area contributed by atoms with Crippen LogP contribution in [0.2, 0.25) is 0 Å². The second-order valence-electron chi connectivity index (χ2n) is 4.80. The Labute approximate surface area is 128 Å². The Morgan fingerprint density at radius 1 is 1.27 bits per heavy atom. The average Bonchev–Trinajstić information content (AvgIpc) is 2.45. The lowest BCUT2D eigenvalue weighted by Gasteiger charge is -2.13. The van der Waals surface area contributed by atoms with Crippen LogP contribution in [0.3, 0.4) is 0 Å². The predicted molar refractivity (Wildman–Crippen MR) is 81.5 cm³/mol. The smallest absolute Gasteiger partial charge is 0.238 e. The van der Waals surface area contributed by atoms with Gasteiger partial charge in [0, 0.05) is 20.6 Å². The van der Waals surface area contributed by atoms with Crippen molar-refractivity contribution in [3.63, 3.8) is 0 Å². The minimum Gasteiger partial charge on any atom is -0.360 e. The second-order valence-corrected chi connectivity index (χ2v) is 6.36. The number of rotatable bonds is 5. The van der Waals surface area contributed by atoms with Gasteiger partial charge in [-0.3, -0.25) is 0 Å². The summed E-state index contributed by atoms with van der Waals surface area (Å²) in [5.74, 6) is -0.0456. The van der Waals surface area contributed by atoms with Gasteiger partial charge in [-0.1, -0.05) is 12.1 Å². The van der Waals surface area contributed by atoms with E-state index in [0.29, 0.717) is 6.54 Å². The number of primary sulfonamides is 1. The largest absolute Gasteiger partial charge is 0.360 e. The fourth-order valence-corrected chi connectivity index (χ4v) is 2.25. The van der Waals surface area contributed by atoms with Crippen LogP contribution in [0, 0.1) is 5.82 Å². The molecule has 1 aromatic carbocycles. The SMILES string of the molecule is CN(C)c1nc(NCc2ccc(S(N)(=O)=O)cc2)ncc1F. The summed E-state index contributed by atoms with van der Waals surface area (Å²) in [7, 11) is -0.335. The Morgan fingerprint density at radius 3 is 2.45 bits per heavy atom. The molecule has 9 heteroatoms. The van der Waals surface area contributed by atoms with E-state index >= 15 is 0 Å². The molecule has 2 rings (SSSR count). The van der Waals surface area contributed by atoms with Crippen LogP contribution in [-0.2, 0) is 16.6 Å². The molecule has 3 N–H and O–H groups in total. The molecule has 0 amide bonds. The molecule has 118 valence electrons. The summed E-state index contributed by atoms with van der Waals surface area (Å²) in [5, 5.41) is 7.97. The molecule has 0 aliphatic carbocycles. The van der Waals surface area contributed by atoms with Crippen molar-refractivity contribution in [1.29, 1.82) is 0 Å². The Kier molecular flexibility index (Phi) is 4.57. The molecular formula is C13H16FN5O2S. The first-order valence-corrected chi connectivity index (χ1v) is 7.87. The van der Waals surface area contributed by atoms with E-state index in [0.717, 1.165) is 11.8 Å². The molecule has 2 aromatic rings. The van der Waals surface area contributed by atoms with Crippen LogP contribution in [-0.4, -0.2) is 32.5 Å². The maximum atomic E-state index is 13.5. The van der Waals surface area contributed by atoms with E-state index in [1.54, 1.807) is 31.1 Å². The van der Waals surface area contributed by atoms with Crippen LogP contribution >= 0.6 is 0 Å². The lowest BCUT2D eigenvalue weighted by molar-refractivity contribution is 0.597. The van der Waals surface area contributed by atoms with Gasteiger partial charge in [-0.15, -0.1) is 0 Å². The molecule has 0 saturated carbocycles. The summed E-state index contributed by atoms with van der Waals surface area (Å²) < 4.78 is 35.8. The Morgan fingerprint density at radius 2 is 1.91 bits per heavy atom. The molecular weight excluding hydrogens is 309 g/mol. The molecule has 0 radical (unpaired) electrons. The molecule has 7 nitrogen and oxygen atoms in total. The lowest BCUT2D eigenvalue weighted by atomic mass is 10.2. The normalized spacial score (nSPS) is 11.3. The van der Waals surface area contributed by atoms with Crippen LogP contribution in [0.25, 0.3) is 0 Å². The second kappa shape index (κ2) is 6.24. The first kappa shape index (κ1) is 16.1. The summed E-state index contributed by atoms with van der Waals surface area (Å²) in [5.41, 5.74) is 0.812. The molecule has 0 fully saturated rings. The maximum Gasteiger partial charge on any atom is 0.238 e. The number of aromatic nitrogens is 2. The van der Waals surface area contributed by atoms with Gasteiger partial charge in [-0.05, 0) is 17.7 Å². The minimum atomic E-state index is -3.70.